The minimum Gasteiger partial charge on any atom is -0.381 e. The molecule has 0 aliphatic carbocycles. The SMILES string of the molecule is CC(=O)NCC1CCN(Cc2cc(CNc3ccc(N4CCN(C(=N)N)CC4)cc3)cc(-c3cc(Cl)cc(Cl)c3)c2)CC1. The van der Waals surface area contributed by atoms with Crippen molar-refractivity contribution < 1.29 is 4.79 Å². The van der Waals surface area contributed by atoms with Crippen molar-refractivity contribution in [3.05, 3.63) is 81.8 Å². The van der Waals surface area contributed by atoms with Crippen LogP contribution < -0.4 is 21.3 Å². The van der Waals surface area contributed by atoms with E-state index in [-0.39, 0.29) is 11.9 Å². The van der Waals surface area contributed by atoms with Crippen LogP contribution >= 0.6 is 23.2 Å². The molecule has 228 valence electrons. The van der Waals surface area contributed by atoms with Crippen molar-refractivity contribution in [2.75, 3.05) is 56.0 Å². The predicted octanol–water partition coefficient (Wildman–Crippen LogP) is 5.64. The van der Waals surface area contributed by atoms with Crippen LogP contribution in [0.5, 0.6) is 0 Å². The van der Waals surface area contributed by atoms with Gasteiger partial charge in [0.05, 0.1) is 0 Å². The smallest absolute Gasteiger partial charge is 0.216 e. The first-order valence-corrected chi connectivity index (χ1v) is 15.7. The molecule has 43 heavy (non-hydrogen) atoms. The molecule has 1 amide bonds. The normalized spacial score (nSPS) is 16.3. The van der Waals surface area contributed by atoms with Crippen molar-refractivity contribution in [2.45, 2.75) is 32.9 Å². The number of benzene rings is 3. The Morgan fingerprint density at radius 1 is 0.884 bits per heavy atom. The Labute approximate surface area is 264 Å². The first-order chi connectivity index (χ1) is 20.7. The molecule has 2 aliphatic rings. The fraction of sp³-hybridized carbons (Fsp3) is 0.394. The van der Waals surface area contributed by atoms with E-state index in [0.717, 1.165) is 82.0 Å². The number of carbonyl (C=O) groups excluding carboxylic acids is 1. The van der Waals surface area contributed by atoms with E-state index < -0.39 is 0 Å². The molecule has 2 saturated heterocycles. The Morgan fingerprint density at radius 3 is 2.14 bits per heavy atom. The molecule has 0 spiro atoms. The van der Waals surface area contributed by atoms with Gasteiger partial charge >= 0.3 is 0 Å². The molecule has 2 heterocycles. The second-order valence-corrected chi connectivity index (χ2v) is 12.5. The van der Waals surface area contributed by atoms with Gasteiger partial charge in [0.15, 0.2) is 5.96 Å². The zero-order chi connectivity index (χ0) is 30.3. The Balaban J connectivity index is 1.26. The molecule has 8 nitrogen and oxygen atoms in total. The molecule has 5 N–H and O–H groups in total. The van der Waals surface area contributed by atoms with Gasteiger partial charge in [0.1, 0.15) is 0 Å². The van der Waals surface area contributed by atoms with E-state index in [0.29, 0.717) is 22.5 Å². The number of rotatable bonds is 9. The third-order valence-corrected chi connectivity index (χ3v) is 8.79. The van der Waals surface area contributed by atoms with Crippen LogP contribution in [0.15, 0.2) is 60.7 Å². The number of likely N-dealkylation sites (tertiary alicyclic amines) is 1. The van der Waals surface area contributed by atoms with E-state index in [2.05, 4.69) is 62.9 Å². The number of piperazine rings is 1. The fourth-order valence-corrected chi connectivity index (χ4v) is 6.46. The maximum absolute atomic E-state index is 11.3. The third kappa shape index (κ3) is 8.78. The summed E-state index contributed by atoms with van der Waals surface area (Å²) in [6.07, 6.45) is 2.17. The maximum Gasteiger partial charge on any atom is 0.216 e. The van der Waals surface area contributed by atoms with Crippen LogP contribution in [0.1, 0.15) is 30.9 Å². The van der Waals surface area contributed by atoms with E-state index in [1.807, 2.05) is 17.0 Å². The first kappa shape index (κ1) is 31.0. The van der Waals surface area contributed by atoms with Crippen molar-refractivity contribution in [3.8, 4) is 11.1 Å². The van der Waals surface area contributed by atoms with Crippen LogP contribution in [-0.4, -0.2) is 67.5 Å². The van der Waals surface area contributed by atoms with Crippen LogP contribution in [0.4, 0.5) is 11.4 Å². The molecule has 2 aliphatic heterocycles. The van der Waals surface area contributed by atoms with Gasteiger partial charge in [-0.1, -0.05) is 29.3 Å². The van der Waals surface area contributed by atoms with Crippen molar-refractivity contribution in [3.63, 3.8) is 0 Å². The first-order valence-electron chi connectivity index (χ1n) is 15.0. The lowest BCUT2D eigenvalue weighted by atomic mass is 9.95. The molecule has 5 rings (SSSR count). The van der Waals surface area contributed by atoms with E-state index >= 15 is 0 Å². The zero-order valence-corrected chi connectivity index (χ0v) is 26.2. The number of hydrogen-bond donors (Lipinski definition) is 4. The standard InChI is InChI=1S/C33H41Cl2N7O/c1-23(43)38-20-24-6-8-40(9-7-24)22-26-14-25(15-27(16-26)28-17-29(34)19-30(35)18-28)21-39-31-2-4-32(5-3-31)41-10-12-42(13-11-41)33(36)37/h2-5,14-19,24,39H,6-13,20-22H2,1H3,(H3,36,37)(H,38,43). The topological polar surface area (TPSA) is 101 Å². The van der Waals surface area contributed by atoms with Gasteiger partial charge in [0.25, 0.3) is 0 Å². The van der Waals surface area contributed by atoms with E-state index in [9.17, 15) is 4.79 Å². The fourth-order valence-electron chi connectivity index (χ4n) is 5.94. The second-order valence-electron chi connectivity index (χ2n) is 11.6. The number of guanidine groups is 1. The van der Waals surface area contributed by atoms with Gasteiger partial charge in [-0.25, -0.2) is 0 Å². The average molecular weight is 623 g/mol. The lowest BCUT2D eigenvalue weighted by Gasteiger charge is -2.36. The number of hydrogen-bond acceptors (Lipinski definition) is 5. The number of halogens is 2. The summed E-state index contributed by atoms with van der Waals surface area (Å²) in [6.45, 7) is 9.16. The number of carbonyl (C=O) groups is 1. The van der Waals surface area contributed by atoms with E-state index in [1.165, 1.54) is 16.8 Å². The average Bonchev–Trinajstić information content (AvgIpc) is 2.99. The Hall–Kier alpha value is -3.46. The number of nitrogens with zero attached hydrogens (tertiary/aromatic N) is 3. The largest absolute Gasteiger partial charge is 0.381 e. The Morgan fingerprint density at radius 2 is 1.51 bits per heavy atom. The van der Waals surface area contributed by atoms with Gasteiger partial charge in [-0.3, -0.25) is 15.1 Å². The molecule has 0 radical (unpaired) electrons. The summed E-state index contributed by atoms with van der Waals surface area (Å²) in [5, 5.41) is 15.5. The van der Waals surface area contributed by atoms with Crippen LogP contribution in [0.3, 0.4) is 0 Å². The number of anilines is 2. The second kappa shape index (κ2) is 14.3. The van der Waals surface area contributed by atoms with Crippen molar-refractivity contribution in [1.29, 1.82) is 5.41 Å². The maximum atomic E-state index is 11.3. The van der Waals surface area contributed by atoms with Gasteiger partial charge in [-0.15, -0.1) is 0 Å². The summed E-state index contributed by atoms with van der Waals surface area (Å²) in [5.74, 6) is 0.728. The van der Waals surface area contributed by atoms with E-state index in [4.69, 9.17) is 34.3 Å². The highest BCUT2D eigenvalue weighted by molar-refractivity contribution is 6.35. The summed E-state index contributed by atoms with van der Waals surface area (Å²) in [5.41, 5.74) is 12.4. The molecule has 0 unspecified atom stereocenters. The number of piperidine rings is 1. The van der Waals surface area contributed by atoms with Gasteiger partial charge < -0.3 is 26.2 Å². The van der Waals surface area contributed by atoms with Crippen molar-refractivity contribution in [2.24, 2.45) is 11.7 Å². The summed E-state index contributed by atoms with van der Waals surface area (Å²) in [6, 6.07) is 21.0. The highest BCUT2D eigenvalue weighted by Crippen LogP contribution is 2.30. The number of nitrogens with one attached hydrogen (secondary N) is 3. The summed E-state index contributed by atoms with van der Waals surface area (Å²) in [7, 11) is 0. The Bertz CT molecular complexity index is 1390. The van der Waals surface area contributed by atoms with Crippen LogP contribution in [0, 0.1) is 11.3 Å². The third-order valence-electron chi connectivity index (χ3n) is 8.35. The molecule has 0 atom stereocenters. The summed E-state index contributed by atoms with van der Waals surface area (Å²) < 4.78 is 0. The molecular weight excluding hydrogens is 581 g/mol. The van der Waals surface area contributed by atoms with Crippen LogP contribution in [-0.2, 0) is 17.9 Å². The van der Waals surface area contributed by atoms with Crippen LogP contribution in [0.2, 0.25) is 10.0 Å². The quantitative estimate of drug-likeness (QED) is 0.182. The Kier molecular flexibility index (Phi) is 10.3. The zero-order valence-electron chi connectivity index (χ0n) is 24.7. The molecular formula is C33H41Cl2N7O. The molecule has 10 heteroatoms. The summed E-state index contributed by atoms with van der Waals surface area (Å²) in [4.78, 5) is 18.0. The summed E-state index contributed by atoms with van der Waals surface area (Å²) >= 11 is 12.7. The molecule has 0 bridgehead atoms. The lowest BCUT2D eigenvalue weighted by Crippen LogP contribution is -2.50. The monoisotopic (exact) mass is 621 g/mol. The number of nitrogens with two attached hydrogens (primary N) is 1. The predicted molar refractivity (Wildman–Crippen MR) is 178 cm³/mol. The van der Waals surface area contributed by atoms with E-state index in [1.54, 1.807) is 13.0 Å². The number of amides is 1. The van der Waals surface area contributed by atoms with Gasteiger partial charge in [0, 0.05) is 74.2 Å². The molecule has 3 aromatic carbocycles. The highest BCUT2D eigenvalue weighted by atomic mass is 35.5. The van der Waals surface area contributed by atoms with Gasteiger partial charge in [0.2, 0.25) is 5.91 Å². The molecule has 0 aromatic heterocycles. The van der Waals surface area contributed by atoms with Crippen LogP contribution in [0.25, 0.3) is 11.1 Å². The molecule has 2 fully saturated rings. The minimum atomic E-state index is 0.0432. The van der Waals surface area contributed by atoms with Crippen molar-refractivity contribution >= 4 is 46.4 Å². The lowest BCUT2D eigenvalue weighted by molar-refractivity contribution is -0.119. The molecule has 3 aromatic rings. The highest BCUT2D eigenvalue weighted by Gasteiger charge is 2.20. The van der Waals surface area contributed by atoms with Gasteiger partial charge in [-0.2, -0.15) is 0 Å². The minimum absolute atomic E-state index is 0.0432. The van der Waals surface area contributed by atoms with Crippen molar-refractivity contribution in [1.82, 2.24) is 15.1 Å². The van der Waals surface area contributed by atoms with Gasteiger partial charge in [-0.05, 0) is 109 Å². The molecule has 0 saturated carbocycles.